The summed E-state index contributed by atoms with van der Waals surface area (Å²) in [5.74, 6) is 5.78. The van der Waals surface area contributed by atoms with E-state index >= 15 is 0 Å². The van der Waals surface area contributed by atoms with E-state index in [-0.39, 0.29) is 11.6 Å². The van der Waals surface area contributed by atoms with Crippen LogP contribution in [0.2, 0.25) is 0 Å². The Balaban J connectivity index is 0.000000307. The van der Waals surface area contributed by atoms with Crippen LogP contribution in [0, 0.1) is 0 Å². The van der Waals surface area contributed by atoms with E-state index in [9.17, 15) is 4.79 Å². The zero-order valence-corrected chi connectivity index (χ0v) is 33.3. The third-order valence-corrected chi connectivity index (χ3v) is 9.55. The van der Waals surface area contributed by atoms with Gasteiger partial charge in [-0.2, -0.15) is 0 Å². The summed E-state index contributed by atoms with van der Waals surface area (Å²) in [6, 6.07) is 8.23. The second-order valence-electron chi connectivity index (χ2n) is 14.3. The molecule has 0 unspecified atom stereocenters. The highest BCUT2D eigenvalue weighted by Gasteiger charge is 2.10. The van der Waals surface area contributed by atoms with Crippen molar-refractivity contribution in [2.75, 3.05) is 0 Å². The fourth-order valence-electron chi connectivity index (χ4n) is 4.02. The Kier molecular flexibility index (Phi) is 18.0. The number of hydrogen-bond acceptors (Lipinski definition) is 6. The fraction of sp³-hybridized carbons (Fsp3) is 0.615. The van der Waals surface area contributed by atoms with E-state index < -0.39 is 0 Å². The fourth-order valence-corrected chi connectivity index (χ4v) is 6.02. The minimum Gasteiger partial charge on any atom is -0.466 e. The average molecular weight is 670 g/mol. The maximum atomic E-state index is 11.8. The summed E-state index contributed by atoms with van der Waals surface area (Å²) < 4.78 is 7.38. The molecule has 0 N–H and O–H groups in total. The molecule has 0 bridgehead atoms. The number of aromatic nitrogens is 3. The first-order chi connectivity index (χ1) is 21.4. The molecule has 4 aromatic heterocycles. The lowest BCUT2D eigenvalue weighted by atomic mass is 10.1. The van der Waals surface area contributed by atoms with E-state index in [0.717, 1.165) is 17.1 Å². The average Bonchev–Trinajstić information content (AvgIpc) is 3.75. The molecular weight excluding hydrogens is 607 g/mol. The van der Waals surface area contributed by atoms with Crippen molar-refractivity contribution in [3.63, 3.8) is 0 Å². The monoisotopic (exact) mass is 669 g/mol. The van der Waals surface area contributed by atoms with Gasteiger partial charge in [0.15, 0.2) is 0 Å². The molecule has 5 nitrogen and oxygen atoms in total. The van der Waals surface area contributed by atoms with Crippen LogP contribution < -0.4 is 5.56 Å². The molecule has 0 saturated heterocycles. The lowest BCUT2D eigenvalue weighted by Crippen LogP contribution is -2.24. The van der Waals surface area contributed by atoms with Gasteiger partial charge in [0.05, 0.1) is 21.4 Å². The van der Waals surface area contributed by atoms with Crippen molar-refractivity contribution in [2.24, 2.45) is 0 Å². The number of hydrogen-bond donors (Lipinski definition) is 0. The number of pyridine rings is 1. The predicted molar refractivity (Wildman–Crippen MR) is 203 cm³/mol. The van der Waals surface area contributed by atoms with Gasteiger partial charge in [0.2, 0.25) is 0 Å². The van der Waals surface area contributed by atoms with Gasteiger partial charge in [0.25, 0.3) is 5.56 Å². The lowest BCUT2D eigenvalue weighted by Gasteiger charge is -2.12. The molecule has 0 aliphatic rings. The van der Waals surface area contributed by atoms with Crippen LogP contribution in [-0.2, 0) is 0 Å². The van der Waals surface area contributed by atoms with Crippen LogP contribution in [0.4, 0.5) is 0 Å². The summed E-state index contributed by atoms with van der Waals surface area (Å²) in [5.41, 5.74) is 3.51. The van der Waals surface area contributed by atoms with Gasteiger partial charge >= 0.3 is 0 Å². The molecule has 258 valence electrons. The second-order valence-corrected chi connectivity index (χ2v) is 16.1. The summed E-state index contributed by atoms with van der Waals surface area (Å²) in [6.45, 7) is 34.1. The second kappa shape index (κ2) is 20.0. The van der Waals surface area contributed by atoms with Crippen LogP contribution in [0.15, 0.2) is 50.4 Å². The zero-order valence-electron chi connectivity index (χ0n) is 31.6. The molecule has 0 amide bonds. The van der Waals surface area contributed by atoms with E-state index in [4.69, 9.17) is 4.42 Å². The molecule has 0 aromatic carbocycles. The molecule has 0 saturated carbocycles. The van der Waals surface area contributed by atoms with E-state index in [2.05, 4.69) is 116 Å². The van der Waals surface area contributed by atoms with Crippen LogP contribution >= 0.6 is 22.7 Å². The Morgan fingerprint density at radius 1 is 0.565 bits per heavy atom. The number of furan rings is 1. The topological polar surface area (TPSA) is 60.9 Å². The van der Waals surface area contributed by atoms with Crippen molar-refractivity contribution in [3.05, 3.63) is 90.1 Å². The van der Waals surface area contributed by atoms with Crippen molar-refractivity contribution >= 4 is 22.7 Å². The predicted octanol–water partition coefficient (Wildman–Crippen LogP) is 12.9. The van der Waals surface area contributed by atoms with Gasteiger partial charge < -0.3 is 8.98 Å². The molecule has 46 heavy (non-hydrogen) atoms. The molecule has 4 heterocycles. The Bertz CT molecular complexity index is 1230. The quantitative estimate of drug-likeness (QED) is 0.187. The van der Waals surface area contributed by atoms with Gasteiger partial charge in [-0.1, -0.05) is 103 Å². The zero-order chi connectivity index (χ0) is 35.3. The molecule has 0 atom stereocenters. The van der Waals surface area contributed by atoms with Crippen LogP contribution in [0.25, 0.3) is 0 Å². The summed E-state index contributed by atoms with van der Waals surface area (Å²) >= 11 is 3.55. The smallest absolute Gasteiger partial charge is 0.254 e. The first-order valence-electron chi connectivity index (χ1n) is 17.1. The van der Waals surface area contributed by atoms with Crippen LogP contribution in [0.1, 0.15) is 197 Å². The lowest BCUT2D eigenvalue weighted by molar-refractivity contribution is 0.432. The molecule has 0 radical (unpaired) electrons. The molecule has 7 heteroatoms. The van der Waals surface area contributed by atoms with Crippen molar-refractivity contribution in [1.29, 1.82) is 0 Å². The van der Waals surface area contributed by atoms with Gasteiger partial charge in [-0.3, -0.25) is 4.79 Å². The maximum absolute atomic E-state index is 11.8. The summed E-state index contributed by atoms with van der Waals surface area (Å²) in [4.78, 5) is 20.9. The van der Waals surface area contributed by atoms with Crippen molar-refractivity contribution in [1.82, 2.24) is 14.5 Å². The Hall–Kier alpha value is -2.51. The van der Waals surface area contributed by atoms with Crippen LogP contribution in [0.3, 0.4) is 0 Å². The molecule has 0 fully saturated rings. The van der Waals surface area contributed by atoms with Crippen molar-refractivity contribution in [3.8, 4) is 0 Å². The van der Waals surface area contributed by atoms with Crippen molar-refractivity contribution in [2.45, 2.75) is 158 Å². The highest BCUT2D eigenvalue weighted by atomic mass is 32.1. The van der Waals surface area contributed by atoms with Gasteiger partial charge in [-0.25, -0.2) is 9.97 Å². The minimum atomic E-state index is 0.146. The van der Waals surface area contributed by atoms with Gasteiger partial charge in [0.1, 0.15) is 11.5 Å². The maximum Gasteiger partial charge on any atom is 0.254 e. The Morgan fingerprint density at radius 2 is 0.978 bits per heavy atom. The SMILES string of the molecule is CC(C)c1ccc(C(C)C)o1.CC(C)c1cccn(C(C)C)c1=O.CC(C)c1csc(C(C)C)n1.CC(C)c1csc(C(C)C)n1. The van der Waals surface area contributed by atoms with Crippen LogP contribution in [-0.4, -0.2) is 14.5 Å². The molecule has 0 spiro atoms. The third-order valence-electron chi connectivity index (χ3n) is 7.22. The standard InChI is InChI=1S/C11H17NO.C10H16O.2C9H15NS/c1-8(2)10-6-5-7-12(9(3)4)11(10)13;1-7(2)9-5-6-10(11-9)8(3)4;2*1-6(2)8-5-11-9(10-8)7(3)4/h5-9H,1-4H3;5-8H,1-4H3;2*5-7H,1-4H3. The molecular formula is C39H63N3O2S2. The van der Waals surface area contributed by atoms with E-state index in [0.29, 0.717) is 41.4 Å². The molecule has 4 rings (SSSR count). The molecule has 0 aliphatic heterocycles. The normalized spacial score (nSPS) is 11.4. The first kappa shape index (κ1) is 41.5. The van der Waals surface area contributed by atoms with E-state index in [1.54, 1.807) is 27.2 Å². The third kappa shape index (κ3) is 13.7. The highest BCUT2D eigenvalue weighted by molar-refractivity contribution is 7.10. The number of thiazole rings is 2. The van der Waals surface area contributed by atoms with Crippen molar-refractivity contribution < 1.29 is 4.42 Å². The van der Waals surface area contributed by atoms with Gasteiger partial charge in [0, 0.05) is 52.2 Å². The van der Waals surface area contributed by atoms with Gasteiger partial charge in [-0.15, -0.1) is 22.7 Å². The Labute approximate surface area is 288 Å². The Morgan fingerprint density at radius 3 is 1.22 bits per heavy atom. The number of nitrogens with zero attached hydrogens (tertiary/aromatic N) is 3. The first-order valence-corrected chi connectivity index (χ1v) is 18.8. The highest BCUT2D eigenvalue weighted by Crippen LogP contribution is 2.25. The number of rotatable bonds is 8. The minimum absolute atomic E-state index is 0.146. The summed E-state index contributed by atoms with van der Waals surface area (Å²) in [5, 5.41) is 6.85. The molecule has 0 aliphatic carbocycles. The van der Waals surface area contributed by atoms with E-state index in [1.165, 1.54) is 21.4 Å². The van der Waals surface area contributed by atoms with Crippen LogP contribution in [0.5, 0.6) is 0 Å². The summed E-state index contributed by atoms with van der Waals surface area (Å²) in [6.07, 6.45) is 1.85. The summed E-state index contributed by atoms with van der Waals surface area (Å²) in [7, 11) is 0. The van der Waals surface area contributed by atoms with E-state index in [1.807, 2.05) is 46.0 Å². The van der Waals surface area contributed by atoms with Gasteiger partial charge in [-0.05, 0) is 49.8 Å². The molecule has 4 aromatic rings. The largest absolute Gasteiger partial charge is 0.466 e.